The summed E-state index contributed by atoms with van der Waals surface area (Å²) in [6.07, 6.45) is 1.68. The molecule has 1 aliphatic rings. The second-order valence-corrected chi connectivity index (χ2v) is 8.92. The van der Waals surface area contributed by atoms with E-state index < -0.39 is 0 Å². The lowest BCUT2D eigenvalue weighted by Crippen LogP contribution is -2.38. The normalized spacial score (nSPS) is 14.0. The van der Waals surface area contributed by atoms with Crippen LogP contribution in [0, 0.1) is 6.92 Å². The Morgan fingerprint density at radius 1 is 0.946 bits per heavy atom. The van der Waals surface area contributed by atoms with Crippen LogP contribution in [0.4, 0.5) is 0 Å². The van der Waals surface area contributed by atoms with Crippen molar-refractivity contribution < 1.29 is 19.0 Å². The number of nitrogens with zero attached hydrogens (tertiary/aromatic N) is 3. The highest BCUT2D eigenvalue weighted by atomic mass is 16.5. The molecule has 1 fully saturated rings. The number of morpholine rings is 1. The van der Waals surface area contributed by atoms with E-state index in [-0.39, 0.29) is 17.9 Å². The molecule has 0 N–H and O–H groups in total. The molecule has 1 aliphatic heterocycles. The molecule has 8 nitrogen and oxygen atoms in total. The maximum atomic E-state index is 12.9. The summed E-state index contributed by atoms with van der Waals surface area (Å²) in [4.78, 5) is 32.3. The van der Waals surface area contributed by atoms with Gasteiger partial charge in [-0.3, -0.25) is 18.9 Å². The zero-order valence-electron chi connectivity index (χ0n) is 20.8. The van der Waals surface area contributed by atoms with Crippen LogP contribution < -0.4 is 15.0 Å². The Labute approximate surface area is 215 Å². The lowest BCUT2D eigenvalue weighted by atomic mass is 10.0. The number of rotatable bonds is 9. The number of benzene rings is 2. The van der Waals surface area contributed by atoms with Gasteiger partial charge in [0.25, 0.3) is 5.56 Å². The molecular formula is C29H29N3O5. The van der Waals surface area contributed by atoms with Gasteiger partial charge in [0.15, 0.2) is 5.78 Å². The van der Waals surface area contributed by atoms with E-state index >= 15 is 0 Å². The molecule has 3 heterocycles. The number of pyridine rings is 1. The first-order chi connectivity index (χ1) is 18.1. The van der Waals surface area contributed by atoms with Gasteiger partial charge in [0.1, 0.15) is 24.6 Å². The predicted molar refractivity (Wildman–Crippen MR) is 140 cm³/mol. The molecule has 0 saturated carbocycles. The van der Waals surface area contributed by atoms with Crippen molar-refractivity contribution in [1.29, 1.82) is 0 Å². The first-order valence-corrected chi connectivity index (χ1v) is 12.4. The average Bonchev–Trinajstić information content (AvgIpc) is 2.95. The molecule has 0 amide bonds. The fraction of sp³-hybridized carbons (Fsp3) is 0.276. The van der Waals surface area contributed by atoms with Crippen LogP contribution in [-0.4, -0.2) is 59.5 Å². The topological polar surface area (TPSA) is 82.4 Å². The Balaban J connectivity index is 1.16. The van der Waals surface area contributed by atoms with Crippen molar-refractivity contribution in [2.45, 2.75) is 13.5 Å². The third-order valence-electron chi connectivity index (χ3n) is 6.40. The Hall–Kier alpha value is -4.01. The zero-order chi connectivity index (χ0) is 25.6. The number of carbonyl (C=O) groups is 1. The fourth-order valence-electron chi connectivity index (χ4n) is 4.19. The molecule has 0 spiro atoms. The Kier molecular flexibility index (Phi) is 7.58. The molecule has 4 aromatic rings. The van der Waals surface area contributed by atoms with Gasteiger partial charge in [0.2, 0.25) is 5.88 Å². The van der Waals surface area contributed by atoms with Crippen LogP contribution in [0.1, 0.15) is 27.0 Å². The standard InChI is InChI=1S/C29H29N3O5/c1-21-28(30-26-4-2-3-13-32(26)29(21)34)37-20-22-5-7-23(8-6-22)27(33)24-9-11-25(12-10-24)36-19-16-31-14-17-35-18-15-31/h2-13H,14-20H2,1H3. The smallest absolute Gasteiger partial charge is 0.264 e. The molecule has 2 aromatic carbocycles. The van der Waals surface area contributed by atoms with E-state index in [0.29, 0.717) is 34.8 Å². The highest BCUT2D eigenvalue weighted by Gasteiger charge is 2.13. The predicted octanol–water partition coefficient (Wildman–Crippen LogP) is 3.52. The van der Waals surface area contributed by atoms with Gasteiger partial charge in [-0.05, 0) is 48.9 Å². The minimum atomic E-state index is -0.157. The maximum Gasteiger partial charge on any atom is 0.264 e. The van der Waals surface area contributed by atoms with E-state index in [1.165, 1.54) is 4.40 Å². The second kappa shape index (κ2) is 11.4. The minimum Gasteiger partial charge on any atom is -0.492 e. The maximum absolute atomic E-state index is 12.9. The summed E-state index contributed by atoms with van der Waals surface area (Å²) in [5, 5.41) is 0. The zero-order valence-corrected chi connectivity index (χ0v) is 20.8. The van der Waals surface area contributed by atoms with Crippen LogP contribution in [-0.2, 0) is 11.3 Å². The van der Waals surface area contributed by atoms with Gasteiger partial charge in [-0.2, -0.15) is 4.98 Å². The van der Waals surface area contributed by atoms with Crippen molar-refractivity contribution in [1.82, 2.24) is 14.3 Å². The van der Waals surface area contributed by atoms with Crippen LogP contribution in [0.15, 0.2) is 77.7 Å². The van der Waals surface area contributed by atoms with E-state index in [1.807, 2.05) is 30.3 Å². The molecule has 0 atom stereocenters. The van der Waals surface area contributed by atoms with Crippen molar-refractivity contribution >= 4 is 11.4 Å². The van der Waals surface area contributed by atoms with Crippen molar-refractivity contribution in [3.8, 4) is 11.6 Å². The average molecular weight is 500 g/mol. The van der Waals surface area contributed by atoms with Crippen molar-refractivity contribution in [3.63, 3.8) is 0 Å². The molecule has 0 bridgehead atoms. The van der Waals surface area contributed by atoms with Crippen LogP contribution in [0.25, 0.3) is 5.65 Å². The molecule has 37 heavy (non-hydrogen) atoms. The first kappa shape index (κ1) is 24.7. The first-order valence-electron chi connectivity index (χ1n) is 12.4. The third-order valence-corrected chi connectivity index (χ3v) is 6.40. The monoisotopic (exact) mass is 499 g/mol. The summed E-state index contributed by atoms with van der Waals surface area (Å²) in [6, 6.07) is 19.9. The molecule has 8 heteroatoms. The van der Waals surface area contributed by atoms with Gasteiger partial charge >= 0.3 is 0 Å². The summed E-state index contributed by atoms with van der Waals surface area (Å²) in [7, 11) is 0. The SMILES string of the molecule is Cc1c(OCc2ccc(C(=O)c3ccc(OCCN4CCOCC4)cc3)cc2)nc2ccccn2c1=O. The summed E-state index contributed by atoms with van der Waals surface area (Å²) >= 11 is 0. The number of hydrogen-bond acceptors (Lipinski definition) is 7. The van der Waals surface area contributed by atoms with Gasteiger partial charge in [-0.15, -0.1) is 0 Å². The van der Waals surface area contributed by atoms with Crippen molar-refractivity contribution in [2.75, 3.05) is 39.5 Å². The minimum absolute atomic E-state index is 0.0626. The number of hydrogen-bond donors (Lipinski definition) is 0. The van der Waals surface area contributed by atoms with Gasteiger partial charge in [0.05, 0.1) is 18.8 Å². The molecular weight excluding hydrogens is 470 g/mol. The van der Waals surface area contributed by atoms with E-state index in [0.717, 1.165) is 44.2 Å². The molecule has 1 saturated heterocycles. The largest absolute Gasteiger partial charge is 0.492 e. The van der Waals surface area contributed by atoms with Crippen LogP contribution in [0.5, 0.6) is 11.6 Å². The van der Waals surface area contributed by atoms with Crippen LogP contribution >= 0.6 is 0 Å². The molecule has 5 rings (SSSR count). The molecule has 0 aliphatic carbocycles. The van der Waals surface area contributed by atoms with Crippen LogP contribution in [0.2, 0.25) is 0 Å². The number of fused-ring (bicyclic) bond motifs is 1. The molecule has 0 radical (unpaired) electrons. The molecule has 190 valence electrons. The van der Waals surface area contributed by atoms with E-state index in [1.54, 1.807) is 49.5 Å². The second-order valence-electron chi connectivity index (χ2n) is 8.92. The lowest BCUT2D eigenvalue weighted by molar-refractivity contribution is 0.0322. The van der Waals surface area contributed by atoms with E-state index in [4.69, 9.17) is 14.2 Å². The fourth-order valence-corrected chi connectivity index (χ4v) is 4.19. The summed E-state index contributed by atoms with van der Waals surface area (Å²) in [6.45, 7) is 6.80. The summed E-state index contributed by atoms with van der Waals surface area (Å²) in [5.41, 5.74) is 2.88. The summed E-state index contributed by atoms with van der Waals surface area (Å²) in [5.74, 6) is 0.991. The number of ketones is 1. The Bertz CT molecular complexity index is 1430. The van der Waals surface area contributed by atoms with Crippen molar-refractivity contribution in [3.05, 3.63) is 106 Å². The number of aromatic nitrogens is 2. The quantitative estimate of drug-likeness (QED) is 0.326. The van der Waals surface area contributed by atoms with Gasteiger partial charge in [0, 0.05) is 37.0 Å². The van der Waals surface area contributed by atoms with E-state index in [2.05, 4.69) is 9.88 Å². The van der Waals surface area contributed by atoms with Crippen molar-refractivity contribution in [2.24, 2.45) is 0 Å². The number of ether oxygens (including phenoxy) is 3. The highest BCUT2D eigenvalue weighted by molar-refractivity contribution is 6.09. The van der Waals surface area contributed by atoms with E-state index in [9.17, 15) is 9.59 Å². The highest BCUT2D eigenvalue weighted by Crippen LogP contribution is 2.18. The molecule has 0 unspecified atom stereocenters. The van der Waals surface area contributed by atoms with Gasteiger partial charge in [-0.1, -0.05) is 30.3 Å². The Morgan fingerprint density at radius 2 is 1.65 bits per heavy atom. The summed E-state index contributed by atoms with van der Waals surface area (Å²) < 4.78 is 18.5. The van der Waals surface area contributed by atoms with Gasteiger partial charge < -0.3 is 14.2 Å². The Morgan fingerprint density at radius 3 is 2.38 bits per heavy atom. The third kappa shape index (κ3) is 5.87. The molecule has 2 aromatic heterocycles. The number of carbonyl (C=O) groups excluding carboxylic acids is 1. The lowest BCUT2D eigenvalue weighted by Gasteiger charge is -2.26. The van der Waals surface area contributed by atoms with Crippen LogP contribution in [0.3, 0.4) is 0 Å². The van der Waals surface area contributed by atoms with Gasteiger partial charge in [-0.25, -0.2) is 0 Å².